The third-order valence-corrected chi connectivity index (χ3v) is 4.72. The Morgan fingerprint density at radius 3 is 2.58 bits per heavy atom. The zero-order chi connectivity index (χ0) is 18.5. The quantitative estimate of drug-likeness (QED) is 0.833. The van der Waals surface area contributed by atoms with Gasteiger partial charge in [-0.25, -0.2) is 0 Å². The lowest BCUT2D eigenvalue weighted by Gasteiger charge is -2.26. The molecule has 0 spiro atoms. The molecule has 136 valence electrons. The van der Waals surface area contributed by atoms with Gasteiger partial charge in [0.15, 0.2) is 0 Å². The van der Waals surface area contributed by atoms with E-state index in [4.69, 9.17) is 4.74 Å². The van der Waals surface area contributed by atoms with Gasteiger partial charge in [0.1, 0.15) is 11.8 Å². The number of carbonyl (C=O) groups is 2. The minimum absolute atomic E-state index is 0.0568. The summed E-state index contributed by atoms with van der Waals surface area (Å²) in [5.74, 6) is 0.617. The first-order valence-electron chi connectivity index (χ1n) is 8.93. The topological polar surface area (TPSA) is 58.6 Å². The molecule has 1 atom stereocenters. The van der Waals surface area contributed by atoms with Crippen LogP contribution >= 0.6 is 0 Å². The minimum Gasteiger partial charge on any atom is -0.497 e. The maximum absolute atomic E-state index is 12.8. The lowest BCUT2D eigenvalue weighted by atomic mass is 10.1. The van der Waals surface area contributed by atoms with E-state index < -0.39 is 6.04 Å². The Morgan fingerprint density at radius 1 is 1.19 bits per heavy atom. The van der Waals surface area contributed by atoms with Crippen molar-refractivity contribution in [2.45, 2.75) is 38.9 Å². The van der Waals surface area contributed by atoms with Gasteiger partial charge in [-0.2, -0.15) is 0 Å². The number of hydrogen-bond acceptors (Lipinski definition) is 3. The van der Waals surface area contributed by atoms with Crippen LogP contribution in [0.4, 0.5) is 0 Å². The van der Waals surface area contributed by atoms with Crippen LogP contribution in [-0.4, -0.2) is 29.9 Å². The molecule has 0 saturated heterocycles. The Labute approximate surface area is 154 Å². The molecule has 2 aromatic rings. The number of nitrogens with one attached hydrogen (secondary N) is 1. The van der Waals surface area contributed by atoms with Crippen LogP contribution < -0.4 is 10.1 Å². The lowest BCUT2D eigenvalue weighted by molar-refractivity contribution is -0.126. The van der Waals surface area contributed by atoms with Crippen LogP contribution in [0.15, 0.2) is 48.5 Å². The highest BCUT2D eigenvalue weighted by atomic mass is 16.5. The summed E-state index contributed by atoms with van der Waals surface area (Å²) >= 11 is 0. The molecule has 0 aromatic heterocycles. The summed E-state index contributed by atoms with van der Waals surface area (Å²) < 4.78 is 5.14. The fourth-order valence-corrected chi connectivity index (χ4v) is 3.28. The molecule has 1 N–H and O–H groups in total. The number of methoxy groups -OCH3 is 1. The molecule has 0 aliphatic carbocycles. The van der Waals surface area contributed by atoms with Crippen molar-refractivity contribution in [1.82, 2.24) is 10.2 Å². The second kappa shape index (κ2) is 8.04. The molecule has 2 aromatic carbocycles. The van der Waals surface area contributed by atoms with Crippen molar-refractivity contribution in [2.24, 2.45) is 0 Å². The molecule has 1 aliphatic heterocycles. The largest absolute Gasteiger partial charge is 0.497 e. The van der Waals surface area contributed by atoms with Gasteiger partial charge in [0.25, 0.3) is 5.91 Å². The SMILES string of the molecule is CCC[C@H](C(=O)NCc1ccc(OC)cc1)N1Cc2ccccc2C1=O. The van der Waals surface area contributed by atoms with Crippen molar-refractivity contribution in [2.75, 3.05) is 7.11 Å². The van der Waals surface area contributed by atoms with Gasteiger partial charge in [-0.15, -0.1) is 0 Å². The number of amides is 2. The maximum atomic E-state index is 12.8. The summed E-state index contributed by atoms with van der Waals surface area (Å²) in [4.78, 5) is 27.2. The highest BCUT2D eigenvalue weighted by Crippen LogP contribution is 2.26. The van der Waals surface area contributed by atoms with Crippen LogP contribution in [0.1, 0.15) is 41.3 Å². The van der Waals surface area contributed by atoms with Crippen molar-refractivity contribution in [3.8, 4) is 5.75 Å². The smallest absolute Gasteiger partial charge is 0.255 e. The average molecular weight is 352 g/mol. The summed E-state index contributed by atoms with van der Waals surface area (Å²) in [5, 5.41) is 2.97. The Kier molecular flexibility index (Phi) is 5.56. The van der Waals surface area contributed by atoms with Crippen LogP contribution in [0.25, 0.3) is 0 Å². The number of ether oxygens (including phenoxy) is 1. The normalized spacial score (nSPS) is 14.1. The van der Waals surface area contributed by atoms with Gasteiger partial charge in [-0.1, -0.05) is 43.7 Å². The fourth-order valence-electron chi connectivity index (χ4n) is 3.28. The third kappa shape index (κ3) is 3.72. The van der Waals surface area contributed by atoms with Crippen molar-refractivity contribution in [3.63, 3.8) is 0 Å². The summed E-state index contributed by atoms with van der Waals surface area (Å²) in [5.41, 5.74) is 2.68. The second-order valence-electron chi connectivity index (χ2n) is 6.46. The molecule has 5 nitrogen and oxygen atoms in total. The Bertz CT molecular complexity index is 786. The Hall–Kier alpha value is -2.82. The van der Waals surface area contributed by atoms with E-state index in [2.05, 4.69) is 5.32 Å². The summed E-state index contributed by atoms with van der Waals surface area (Å²) in [6, 6.07) is 14.7. The van der Waals surface area contributed by atoms with Gasteiger partial charge >= 0.3 is 0 Å². The predicted octanol–water partition coefficient (Wildman–Crippen LogP) is 3.14. The molecule has 0 saturated carbocycles. The van der Waals surface area contributed by atoms with E-state index in [1.807, 2.05) is 55.5 Å². The highest BCUT2D eigenvalue weighted by Gasteiger charge is 2.35. The van der Waals surface area contributed by atoms with Crippen molar-refractivity contribution in [1.29, 1.82) is 0 Å². The second-order valence-corrected chi connectivity index (χ2v) is 6.46. The van der Waals surface area contributed by atoms with Gasteiger partial charge < -0.3 is 15.0 Å². The lowest BCUT2D eigenvalue weighted by Crippen LogP contribution is -2.46. The number of nitrogens with zero attached hydrogens (tertiary/aromatic N) is 1. The summed E-state index contributed by atoms with van der Waals surface area (Å²) in [6.45, 7) is 2.95. The molecule has 0 radical (unpaired) electrons. The molecule has 0 bridgehead atoms. The van der Waals surface area contributed by atoms with Gasteiger partial charge in [-0.05, 0) is 35.7 Å². The Morgan fingerprint density at radius 2 is 1.92 bits per heavy atom. The van der Waals surface area contributed by atoms with Crippen LogP contribution in [0.5, 0.6) is 5.75 Å². The van der Waals surface area contributed by atoms with E-state index in [-0.39, 0.29) is 11.8 Å². The first-order valence-corrected chi connectivity index (χ1v) is 8.93. The standard InChI is InChI=1S/C21H24N2O3/c1-3-6-19(23-14-16-7-4-5-8-18(16)21(23)25)20(24)22-13-15-9-11-17(26-2)12-10-15/h4-5,7-12,19H,3,6,13-14H2,1-2H3,(H,22,24)/t19-/m1/s1. The van der Waals surface area contributed by atoms with E-state index in [1.165, 1.54) is 0 Å². The van der Waals surface area contributed by atoms with E-state index >= 15 is 0 Å². The van der Waals surface area contributed by atoms with Crippen molar-refractivity contribution >= 4 is 11.8 Å². The van der Waals surface area contributed by atoms with Crippen LogP contribution in [0.3, 0.4) is 0 Å². The van der Waals surface area contributed by atoms with E-state index in [9.17, 15) is 9.59 Å². The molecule has 1 aliphatic rings. The van der Waals surface area contributed by atoms with E-state index in [0.29, 0.717) is 25.1 Å². The molecule has 5 heteroatoms. The van der Waals surface area contributed by atoms with Gasteiger partial charge in [0, 0.05) is 18.7 Å². The van der Waals surface area contributed by atoms with Crippen LogP contribution in [0, 0.1) is 0 Å². The van der Waals surface area contributed by atoms with E-state index in [0.717, 1.165) is 23.3 Å². The van der Waals surface area contributed by atoms with Crippen LogP contribution in [0.2, 0.25) is 0 Å². The molecule has 3 rings (SSSR count). The molecular formula is C21H24N2O3. The molecule has 2 amide bonds. The van der Waals surface area contributed by atoms with Crippen LogP contribution in [-0.2, 0) is 17.9 Å². The molecule has 0 fully saturated rings. The maximum Gasteiger partial charge on any atom is 0.255 e. The van der Waals surface area contributed by atoms with E-state index in [1.54, 1.807) is 12.0 Å². The van der Waals surface area contributed by atoms with Crippen molar-refractivity contribution < 1.29 is 14.3 Å². The monoisotopic (exact) mass is 352 g/mol. The third-order valence-electron chi connectivity index (χ3n) is 4.72. The zero-order valence-corrected chi connectivity index (χ0v) is 15.2. The highest BCUT2D eigenvalue weighted by molar-refractivity contribution is 6.01. The first-order chi connectivity index (χ1) is 12.6. The van der Waals surface area contributed by atoms with Crippen molar-refractivity contribution in [3.05, 3.63) is 65.2 Å². The molecule has 1 heterocycles. The zero-order valence-electron chi connectivity index (χ0n) is 15.2. The van der Waals surface area contributed by atoms with Gasteiger partial charge in [0.05, 0.1) is 7.11 Å². The number of benzene rings is 2. The number of fused-ring (bicyclic) bond motifs is 1. The number of carbonyl (C=O) groups excluding carboxylic acids is 2. The Balaban J connectivity index is 1.67. The number of rotatable bonds is 7. The average Bonchev–Trinajstić information content (AvgIpc) is 3.01. The first kappa shape index (κ1) is 18.0. The van der Waals surface area contributed by atoms with Gasteiger partial charge in [-0.3, -0.25) is 9.59 Å². The summed E-state index contributed by atoms with van der Waals surface area (Å²) in [7, 11) is 1.62. The number of hydrogen-bond donors (Lipinski definition) is 1. The summed E-state index contributed by atoms with van der Waals surface area (Å²) in [6.07, 6.45) is 1.48. The minimum atomic E-state index is -0.446. The predicted molar refractivity (Wildman–Crippen MR) is 99.9 cm³/mol. The molecule has 0 unspecified atom stereocenters. The molecular weight excluding hydrogens is 328 g/mol. The fraction of sp³-hybridized carbons (Fsp3) is 0.333. The molecule has 26 heavy (non-hydrogen) atoms. The van der Waals surface area contributed by atoms with Gasteiger partial charge in [0.2, 0.25) is 5.91 Å².